The number of benzene rings is 6. The fourth-order valence-corrected chi connectivity index (χ4v) is 9.61. The van der Waals surface area contributed by atoms with E-state index in [1.807, 2.05) is 66.7 Å². The quantitative estimate of drug-likeness (QED) is 0.0926. The summed E-state index contributed by atoms with van der Waals surface area (Å²) >= 11 is 0. The van der Waals surface area contributed by atoms with E-state index in [0.717, 1.165) is 16.0 Å². The molecule has 1 N–H and O–H groups in total. The van der Waals surface area contributed by atoms with Crippen LogP contribution < -0.4 is 14.2 Å². The van der Waals surface area contributed by atoms with Crippen molar-refractivity contribution in [1.29, 1.82) is 0 Å². The van der Waals surface area contributed by atoms with E-state index in [0.29, 0.717) is 59.6 Å². The number of carbonyl (C=O) groups is 4. The summed E-state index contributed by atoms with van der Waals surface area (Å²) in [6.07, 6.45) is 2.43. The number of aromatic hydroxyl groups is 1. The number of hydrogen-bond acceptors (Lipinski definition) is 10. The van der Waals surface area contributed by atoms with Gasteiger partial charge >= 0.3 is 0 Å². The van der Waals surface area contributed by atoms with Crippen molar-refractivity contribution in [2.45, 2.75) is 58.0 Å². The molecule has 0 fully saturated rings. The molecule has 0 unspecified atom stereocenters. The highest BCUT2D eigenvalue weighted by molar-refractivity contribution is 6.34. The van der Waals surface area contributed by atoms with Gasteiger partial charge in [0.1, 0.15) is 40.3 Å². The van der Waals surface area contributed by atoms with Crippen molar-refractivity contribution in [2.24, 2.45) is 0 Å². The SMILES string of the molecule is CC[SiH2]CC.COc1c2c(c(O)c3ncccc13)C(=O)N(Cc1ccc(F)cc1)C(=O)C2.COc1c2c(c(OC(c3ccccc3)c3ccccc3)c3ncccc13)C(=O)N(Cc1ccc(F)cc1)C(=O)C2. The third-order valence-corrected chi connectivity index (χ3v) is 13.8. The summed E-state index contributed by atoms with van der Waals surface area (Å²) in [5, 5.41) is 11.8. The number of pyridine rings is 2. The molecular formula is C57H52F2N4O8Si. The third-order valence-electron chi connectivity index (χ3n) is 12.4. The Labute approximate surface area is 417 Å². The number of hydrogen-bond donors (Lipinski definition) is 1. The van der Waals surface area contributed by atoms with Gasteiger partial charge in [-0.1, -0.05) is 111 Å². The lowest BCUT2D eigenvalue weighted by Gasteiger charge is -2.31. The molecule has 0 atom stereocenters. The van der Waals surface area contributed by atoms with E-state index in [2.05, 4.69) is 23.8 Å². The lowest BCUT2D eigenvalue weighted by molar-refractivity contribution is -0.129. The van der Waals surface area contributed by atoms with Gasteiger partial charge in [0.25, 0.3) is 11.8 Å². The van der Waals surface area contributed by atoms with Crippen LogP contribution in [0.2, 0.25) is 12.1 Å². The Kier molecular flexibility index (Phi) is 15.7. The van der Waals surface area contributed by atoms with Gasteiger partial charge in [0.05, 0.1) is 51.3 Å². The maximum atomic E-state index is 14.2. The number of ether oxygens (including phenoxy) is 3. The molecule has 15 heteroatoms. The van der Waals surface area contributed by atoms with Crippen LogP contribution in [-0.4, -0.2) is 72.2 Å². The number of fused-ring (bicyclic) bond motifs is 4. The van der Waals surface area contributed by atoms with E-state index in [1.54, 1.807) is 36.5 Å². The first-order chi connectivity index (χ1) is 35.0. The van der Waals surface area contributed by atoms with Gasteiger partial charge in [0.2, 0.25) is 11.8 Å². The Bertz CT molecular complexity index is 3230. The predicted molar refractivity (Wildman–Crippen MR) is 273 cm³/mol. The maximum Gasteiger partial charge on any atom is 0.265 e. The topological polar surface area (TPSA) is 148 Å². The molecular weight excluding hydrogens is 935 g/mol. The molecule has 0 saturated carbocycles. The number of aromatic nitrogens is 2. The monoisotopic (exact) mass is 986 g/mol. The number of halogens is 2. The Morgan fingerprint density at radius 1 is 0.569 bits per heavy atom. The highest BCUT2D eigenvalue weighted by Gasteiger charge is 2.40. The van der Waals surface area contributed by atoms with Crippen LogP contribution in [0, 0.1) is 11.6 Å². The summed E-state index contributed by atoms with van der Waals surface area (Å²) in [4.78, 5) is 64.1. The molecule has 4 amide bonds. The second-order valence-electron chi connectivity index (χ2n) is 17.1. The zero-order valence-electron chi connectivity index (χ0n) is 40.2. The first-order valence-corrected chi connectivity index (χ1v) is 25.6. The molecule has 0 bridgehead atoms. The zero-order chi connectivity index (χ0) is 50.9. The van der Waals surface area contributed by atoms with Crippen LogP contribution in [0.5, 0.6) is 23.0 Å². The minimum Gasteiger partial charge on any atom is -0.505 e. The largest absolute Gasteiger partial charge is 0.505 e. The number of phenolic OH excluding ortho intramolecular Hbond substituents is 1. The smallest absolute Gasteiger partial charge is 0.265 e. The molecule has 2 aromatic heterocycles. The van der Waals surface area contributed by atoms with E-state index < -0.39 is 35.5 Å². The van der Waals surface area contributed by atoms with E-state index in [9.17, 15) is 33.1 Å². The highest BCUT2D eigenvalue weighted by atomic mass is 28.2. The van der Waals surface area contributed by atoms with Gasteiger partial charge in [0, 0.05) is 43.8 Å². The van der Waals surface area contributed by atoms with Crippen molar-refractivity contribution in [3.63, 3.8) is 0 Å². The second-order valence-corrected chi connectivity index (χ2v) is 19.8. The molecule has 0 aliphatic carbocycles. The fraction of sp³-hybridized carbons (Fsp3) is 0.193. The molecule has 6 aromatic carbocycles. The van der Waals surface area contributed by atoms with Gasteiger partial charge in [-0.2, -0.15) is 0 Å². The number of carbonyl (C=O) groups excluding carboxylic acids is 4. The molecule has 2 aliphatic rings. The Morgan fingerprint density at radius 3 is 1.44 bits per heavy atom. The first kappa shape index (κ1) is 50.1. The molecule has 12 nitrogen and oxygen atoms in total. The van der Waals surface area contributed by atoms with Crippen LogP contribution >= 0.6 is 0 Å². The molecule has 8 aromatic rings. The Balaban J connectivity index is 0.000000187. The lowest BCUT2D eigenvalue weighted by atomic mass is 9.92. The van der Waals surface area contributed by atoms with E-state index in [-0.39, 0.29) is 60.0 Å². The summed E-state index contributed by atoms with van der Waals surface area (Å²) in [5.41, 5.74) is 4.77. The molecule has 72 heavy (non-hydrogen) atoms. The van der Waals surface area contributed by atoms with Crippen LogP contribution in [-0.2, 0) is 35.5 Å². The number of rotatable bonds is 12. The molecule has 2 aliphatic heterocycles. The van der Waals surface area contributed by atoms with E-state index in [1.165, 1.54) is 73.8 Å². The predicted octanol–water partition coefficient (Wildman–Crippen LogP) is 10.1. The number of imide groups is 2. The average Bonchev–Trinajstić information content (AvgIpc) is 3.40. The molecule has 4 heterocycles. The van der Waals surface area contributed by atoms with Crippen molar-refractivity contribution >= 4 is 55.0 Å². The van der Waals surface area contributed by atoms with Gasteiger partial charge in [-0.25, -0.2) is 8.78 Å². The maximum absolute atomic E-state index is 14.2. The summed E-state index contributed by atoms with van der Waals surface area (Å²) in [7, 11) is 3.39. The normalized spacial score (nSPS) is 13.0. The van der Waals surface area contributed by atoms with Crippen LogP contribution in [0.15, 0.2) is 146 Å². The molecule has 0 radical (unpaired) electrons. The van der Waals surface area contributed by atoms with Gasteiger partial charge in [-0.3, -0.25) is 38.9 Å². The fourth-order valence-electron chi connectivity index (χ4n) is 8.90. The number of amides is 4. The lowest BCUT2D eigenvalue weighted by Crippen LogP contribution is -2.42. The second kappa shape index (κ2) is 22.6. The van der Waals surface area contributed by atoms with Crippen LogP contribution in [0.25, 0.3) is 21.8 Å². The van der Waals surface area contributed by atoms with Crippen molar-refractivity contribution in [2.75, 3.05) is 14.2 Å². The minimum atomic E-state index is -0.631. The van der Waals surface area contributed by atoms with Gasteiger partial charge in [-0.15, -0.1) is 0 Å². The van der Waals surface area contributed by atoms with Crippen molar-refractivity contribution in [1.82, 2.24) is 19.8 Å². The summed E-state index contributed by atoms with van der Waals surface area (Å²) in [6.45, 7) is 4.53. The van der Waals surface area contributed by atoms with Crippen LogP contribution in [0.4, 0.5) is 8.78 Å². The summed E-state index contributed by atoms with van der Waals surface area (Å²) < 4.78 is 44.6. The van der Waals surface area contributed by atoms with Gasteiger partial charge < -0.3 is 19.3 Å². The van der Waals surface area contributed by atoms with Gasteiger partial charge in [-0.05, 0) is 70.8 Å². The van der Waals surface area contributed by atoms with Gasteiger partial charge in [0.15, 0.2) is 11.5 Å². The van der Waals surface area contributed by atoms with Crippen molar-refractivity contribution in [3.05, 3.63) is 202 Å². The first-order valence-electron chi connectivity index (χ1n) is 23.6. The Hall–Kier alpha value is -8.30. The zero-order valence-corrected chi connectivity index (χ0v) is 41.6. The van der Waals surface area contributed by atoms with Crippen molar-refractivity contribution < 1.29 is 47.3 Å². The molecule has 10 rings (SSSR count). The average molecular weight is 987 g/mol. The van der Waals surface area contributed by atoms with Crippen LogP contribution in [0.1, 0.15) is 74.0 Å². The minimum absolute atomic E-state index is 0.000195. The standard InChI is InChI=1S/C33H25FN2O4.C20H15FN2O4.C4H12Si/c1-39-31-25-13-8-18-35-29(25)32(40-30(22-9-4-2-5-10-22)23-11-6-3-7-12-23)28-26(31)19-27(37)36(33(28)38)20-21-14-16-24(34)17-15-21;1-27-19-13-3-2-8-22-17(13)18(25)16-14(19)9-15(24)23(20(16)26)10-11-4-6-12(21)7-5-11;1-3-5-4-2/h2-18,30H,19-20H2,1H3;2-8,25H,9-10H2,1H3;3-5H2,1-2H3. The Morgan fingerprint density at radius 2 is 1.00 bits per heavy atom. The molecule has 0 spiro atoms. The van der Waals surface area contributed by atoms with E-state index in [4.69, 9.17) is 14.2 Å². The number of nitrogens with zero attached hydrogens (tertiary/aromatic N) is 4. The summed E-state index contributed by atoms with van der Waals surface area (Å²) in [5.74, 6) is -1.95. The van der Waals surface area contributed by atoms with Crippen molar-refractivity contribution in [3.8, 4) is 23.0 Å². The molecule has 0 saturated heterocycles. The number of methoxy groups -OCH3 is 2. The van der Waals surface area contributed by atoms with Crippen LogP contribution in [0.3, 0.4) is 0 Å². The third kappa shape index (κ3) is 10.4. The highest BCUT2D eigenvalue weighted by Crippen LogP contribution is 2.46. The number of phenols is 1. The van der Waals surface area contributed by atoms with E-state index >= 15 is 0 Å². The summed E-state index contributed by atoms with van der Waals surface area (Å²) in [6, 6.07) is 40.7. The molecule has 366 valence electrons.